The number of hydrogen-bond donors (Lipinski definition) is 1. The molecule has 1 aromatic heterocycles. The van der Waals surface area contributed by atoms with Crippen LogP contribution in [0.3, 0.4) is 0 Å². The monoisotopic (exact) mass is 301 g/mol. The molecule has 0 saturated carbocycles. The molecule has 0 bridgehead atoms. The van der Waals surface area contributed by atoms with E-state index in [1.165, 1.54) is 0 Å². The molecule has 0 aliphatic carbocycles. The van der Waals surface area contributed by atoms with E-state index < -0.39 is 0 Å². The van der Waals surface area contributed by atoms with Gasteiger partial charge in [-0.2, -0.15) is 5.26 Å². The highest BCUT2D eigenvalue weighted by Crippen LogP contribution is 2.20. The fraction of sp³-hybridized carbons (Fsp3) is 0.250. The Morgan fingerprint density at radius 1 is 1.38 bits per heavy atom. The minimum atomic E-state index is 0.0849. The van der Waals surface area contributed by atoms with E-state index in [2.05, 4.69) is 4.98 Å². The minimum Gasteiger partial charge on any atom is -0.487 e. The number of benzene rings is 1. The van der Waals surface area contributed by atoms with Crippen LogP contribution >= 0.6 is 11.6 Å². The molecule has 0 amide bonds. The van der Waals surface area contributed by atoms with Crippen LogP contribution in [-0.2, 0) is 13.0 Å². The Kier molecular flexibility index (Phi) is 5.15. The van der Waals surface area contributed by atoms with Gasteiger partial charge in [-0.25, -0.2) is 0 Å². The maximum absolute atomic E-state index is 8.79. The third kappa shape index (κ3) is 4.45. The molecule has 0 radical (unpaired) electrons. The molecule has 1 atom stereocenters. The molecular formula is C16H16ClN3O. The Morgan fingerprint density at radius 3 is 2.76 bits per heavy atom. The number of nitrogens with zero attached hydrogens (tertiary/aromatic N) is 2. The van der Waals surface area contributed by atoms with Gasteiger partial charge >= 0.3 is 0 Å². The molecule has 1 heterocycles. The highest BCUT2D eigenvalue weighted by atomic mass is 35.5. The highest BCUT2D eigenvalue weighted by molar-refractivity contribution is 6.31. The number of ether oxygens (including phenoxy) is 1. The Bertz CT molecular complexity index is 648. The third-order valence-electron chi connectivity index (χ3n) is 2.91. The lowest BCUT2D eigenvalue weighted by molar-refractivity contribution is 0.305. The summed E-state index contributed by atoms with van der Waals surface area (Å²) < 4.78 is 5.65. The molecule has 2 N–H and O–H groups in total. The van der Waals surface area contributed by atoms with Crippen molar-refractivity contribution in [1.29, 1.82) is 5.26 Å². The predicted octanol–water partition coefficient (Wildman–Crippen LogP) is 3.08. The first-order valence-electron chi connectivity index (χ1n) is 6.60. The topological polar surface area (TPSA) is 71.9 Å². The standard InChI is InChI=1S/C16H16ClN3O/c1-11(19)6-14-4-5-15(9-20-14)21-10-13-3-2-12(8-18)7-16(13)17/h2-5,7,9,11H,6,10,19H2,1H3. The molecule has 0 aliphatic rings. The quantitative estimate of drug-likeness (QED) is 0.921. The van der Waals surface area contributed by atoms with E-state index in [0.717, 1.165) is 17.7 Å². The summed E-state index contributed by atoms with van der Waals surface area (Å²) >= 11 is 6.10. The molecule has 0 saturated heterocycles. The van der Waals surface area contributed by atoms with Crippen LogP contribution < -0.4 is 10.5 Å². The Morgan fingerprint density at radius 2 is 2.19 bits per heavy atom. The van der Waals surface area contributed by atoms with Gasteiger partial charge in [-0.15, -0.1) is 0 Å². The van der Waals surface area contributed by atoms with Crippen LogP contribution in [0.1, 0.15) is 23.7 Å². The van der Waals surface area contributed by atoms with Gasteiger partial charge in [-0.05, 0) is 31.2 Å². The molecule has 21 heavy (non-hydrogen) atoms. The van der Waals surface area contributed by atoms with Crippen molar-refractivity contribution in [3.8, 4) is 11.8 Å². The van der Waals surface area contributed by atoms with E-state index >= 15 is 0 Å². The van der Waals surface area contributed by atoms with Crippen molar-refractivity contribution in [2.45, 2.75) is 26.0 Å². The van der Waals surface area contributed by atoms with E-state index in [9.17, 15) is 0 Å². The van der Waals surface area contributed by atoms with Crippen LogP contribution in [0, 0.1) is 11.3 Å². The predicted molar refractivity (Wildman–Crippen MR) is 82.1 cm³/mol. The number of rotatable bonds is 5. The number of halogens is 1. The average Bonchev–Trinajstić information content (AvgIpc) is 2.47. The van der Waals surface area contributed by atoms with Crippen LogP contribution in [0.5, 0.6) is 5.75 Å². The second-order valence-electron chi connectivity index (χ2n) is 4.87. The second kappa shape index (κ2) is 7.07. The highest BCUT2D eigenvalue weighted by Gasteiger charge is 2.04. The lowest BCUT2D eigenvalue weighted by atomic mass is 10.1. The van der Waals surface area contributed by atoms with Crippen LogP contribution in [0.25, 0.3) is 0 Å². The fourth-order valence-corrected chi connectivity index (χ4v) is 2.08. The van der Waals surface area contributed by atoms with Crippen molar-refractivity contribution >= 4 is 11.6 Å². The van der Waals surface area contributed by atoms with Gasteiger partial charge in [0.25, 0.3) is 0 Å². The number of hydrogen-bond acceptors (Lipinski definition) is 4. The van der Waals surface area contributed by atoms with Gasteiger partial charge in [-0.1, -0.05) is 17.7 Å². The molecule has 5 heteroatoms. The molecule has 0 aliphatic heterocycles. The molecule has 2 rings (SSSR count). The largest absolute Gasteiger partial charge is 0.487 e. The van der Waals surface area contributed by atoms with Gasteiger partial charge in [0.05, 0.1) is 17.8 Å². The van der Waals surface area contributed by atoms with Crippen molar-refractivity contribution in [2.24, 2.45) is 5.73 Å². The maximum Gasteiger partial charge on any atom is 0.138 e. The normalized spacial score (nSPS) is 11.7. The Labute approximate surface area is 129 Å². The van der Waals surface area contributed by atoms with E-state index in [1.807, 2.05) is 25.1 Å². The van der Waals surface area contributed by atoms with E-state index in [1.54, 1.807) is 24.4 Å². The van der Waals surface area contributed by atoms with Crippen molar-refractivity contribution in [1.82, 2.24) is 4.98 Å². The summed E-state index contributed by atoms with van der Waals surface area (Å²) in [6.45, 7) is 2.28. The molecule has 0 fully saturated rings. The zero-order valence-electron chi connectivity index (χ0n) is 11.7. The second-order valence-corrected chi connectivity index (χ2v) is 5.28. The Hall–Kier alpha value is -2.09. The van der Waals surface area contributed by atoms with Gasteiger partial charge < -0.3 is 10.5 Å². The summed E-state index contributed by atoms with van der Waals surface area (Å²) in [5.41, 5.74) is 8.03. The number of nitrogens with two attached hydrogens (primary N) is 1. The summed E-state index contributed by atoms with van der Waals surface area (Å²) in [4.78, 5) is 4.30. The molecule has 4 nitrogen and oxygen atoms in total. The smallest absolute Gasteiger partial charge is 0.138 e. The zero-order valence-corrected chi connectivity index (χ0v) is 12.5. The molecule has 1 aromatic carbocycles. The number of aromatic nitrogens is 1. The maximum atomic E-state index is 8.79. The van der Waals surface area contributed by atoms with Gasteiger partial charge in [0.1, 0.15) is 12.4 Å². The number of pyridine rings is 1. The first-order valence-corrected chi connectivity index (χ1v) is 6.98. The Balaban J connectivity index is 1.98. The first kappa shape index (κ1) is 15.3. The summed E-state index contributed by atoms with van der Waals surface area (Å²) in [6.07, 6.45) is 2.41. The lowest BCUT2D eigenvalue weighted by Gasteiger charge is -2.09. The third-order valence-corrected chi connectivity index (χ3v) is 3.26. The average molecular weight is 302 g/mol. The SMILES string of the molecule is CC(N)Cc1ccc(OCc2ccc(C#N)cc2Cl)cn1. The van der Waals surface area contributed by atoms with Crippen molar-refractivity contribution in [3.63, 3.8) is 0 Å². The zero-order chi connectivity index (χ0) is 15.2. The molecule has 108 valence electrons. The van der Waals surface area contributed by atoms with E-state index in [4.69, 9.17) is 27.3 Å². The summed E-state index contributed by atoms with van der Waals surface area (Å²) in [7, 11) is 0. The van der Waals surface area contributed by atoms with E-state index in [0.29, 0.717) is 22.9 Å². The summed E-state index contributed by atoms with van der Waals surface area (Å²) in [6, 6.07) is 11.0. The van der Waals surface area contributed by atoms with Crippen molar-refractivity contribution < 1.29 is 4.74 Å². The number of nitriles is 1. The van der Waals surface area contributed by atoms with Crippen LogP contribution in [0.4, 0.5) is 0 Å². The van der Waals surface area contributed by atoms with Crippen LogP contribution in [0.15, 0.2) is 36.5 Å². The van der Waals surface area contributed by atoms with Gasteiger partial charge in [-0.3, -0.25) is 4.98 Å². The molecule has 0 spiro atoms. The van der Waals surface area contributed by atoms with Crippen molar-refractivity contribution in [2.75, 3.05) is 0 Å². The fourth-order valence-electron chi connectivity index (χ4n) is 1.84. The first-order chi connectivity index (χ1) is 10.1. The van der Waals surface area contributed by atoms with Crippen LogP contribution in [-0.4, -0.2) is 11.0 Å². The van der Waals surface area contributed by atoms with Gasteiger partial charge in [0.2, 0.25) is 0 Å². The van der Waals surface area contributed by atoms with Gasteiger partial charge in [0.15, 0.2) is 0 Å². The summed E-state index contributed by atoms with van der Waals surface area (Å²) in [5, 5.41) is 9.32. The summed E-state index contributed by atoms with van der Waals surface area (Å²) in [5.74, 6) is 0.670. The van der Waals surface area contributed by atoms with Gasteiger partial charge in [0, 0.05) is 28.7 Å². The van der Waals surface area contributed by atoms with Crippen LogP contribution in [0.2, 0.25) is 5.02 Å². The minimum absolute atomic E-state index is 0.0849. The molecular weight excluding hydrogens is 286 g/mol. The van der Waals surface area contributed by atoms with E-state index in [-0.39, 0.29) is 6.04 Å². The molecule has 2 aromatic rings. The lowest BCUT2D eigenvalue weighted by Crippen LogP contribution is -2.18. The molecule has 1 unspecified atom stereocenters. The van der Waals surface area contributed by atoms with Crippen molar-refractivity contribution in [3.05, 3.63) is 58.4 Å².